The summed E-state index contributed by atoms with van der Waals surface area (Å²) in [4.78, 5) is 51.0. The van der Waals surface area contributed by atoms with Gasteiger partial charge in [0, 0.05) is 78.9 Å². The van der Waals surface area contributed by atoms with Gasteiger partial charge in [0.15, 0.2) is 5.82 Å². The highest BCUT2D eigenvalue weighted by Gasteiger charge is 2.25. The number of esters is 1. The zero-order chi connectivity index (χ0) is 44.9. The van der Waals surface area contributed by atoms with Crippen molar-refractivity contribution in [2.24, 2.45) is 0 Å². The number of anilines is 1. The Morgan fingerprint density at radius 3 is 2.41 bits per heavy atom. The average molecular weight is 901 g/mol. The monoisotopic (exact) mass is 899 g/mol. The van der Waals surface area contributed by atoms with Crippen LogP contribution in [0.1, 0.15) is 66.8 Å². The zero-order valence-electron chi connectivity index (χ0n) is 35.1. The first kappa shape index (κ1) is 44.8. The molecule has 0 aliphatic carbocycles. The van der Waals surface area contributed by atoms with Gasteiger partial charge in [-0.1, -0.05) is 55.2 Å². The van der Waals surface area contributed by atoms with E-state index in [4.69, 9.17) is 27.9 Å². The molecule has 0 saturated carbocycles. The van der Waals surface area contributed by atoms with Gasteiger partial charge in [0.1, 0.15) is 35.4 Å². The second-order valence-electron chi connectivity index (χ2n) is 16.0. The van der Waals surface area contributed by atoms with E-state index in [0.29, 0.717) is 76.4 Å². The highest BCUT2D eigenvalue weighted by molar-refractivity contribution is 6.33. The number of benzene rings is 3. The number of aromatic hydroxyl groups is 2. The number of nitrogens with one attached hydrogen (secondary N) is 4. The third kappa shape index (κ3) is 10.7. The molecule has 1 amide bonds. The van der Waals surface area contributed by atoms with E-state index < -0.39 is 29.4 Å². The maximum atomic E-state index is 15.6. The summed E-state index contributed by atoms with van der Waals surface area (Å²) in [7, 11) is 0. The Labute approximate surface area is 372 Å². The van der Waals surface area contributed by atoms with Crippen LogP contribution >= 0.6 is 23.2 Å². The summed E-state index contributed by atoms with van der Waals surface area (Å²) in [5, 5.41) is 34.5. The second kappa shape index (κ2) is 19.5. The Morgan fingerprint density at radius 2 is 1.70 bits per heavy atom. The van der Waals surface area contributed by atoms with Crippen LogP contribution in [0.25, 0.3) is 28.2 Å². The Bertz CT molecular complexity index is 2670. The van der Waals surface area contributed by atoms with Crippen LogP contribution in [0, 0.1) is 5.82 Å². The van der Waals surface area contributed by atoms with Crippen LogP contribution in [0.3, 0.4) is 0 Å². The normalized spacial score (nSPS) is 14.0. The molecule has 1 saturated heterocycles. The molecule has 15 nitrogen and oxygen atoms in total. The molecule has 1 fully saturated rings. The number of hydrogen-bond acceptors (Lipinski definition) is 11. The first-order chi connectivity index (χ1) is 30.1. The number of ether oxygens (including phenoxy) is 1. The lowest BCUT2D eigenvalue weighted by molar-refractivity contribution is -0.146. The predicted molar refractivity (Wildman–Crippen MR) is 239 cm³/mol. The lowest BCUT2D eigenvalue weighted by Gasteiger charge is -2.34. The molecule has 63 heavy (non-hydrogen) atoms. The Kier molecular flexibility index (Phi) is 13.9. The third-order valence-corrected chi connectivity index (χ3v) is 11.2. The highest BCUT2D eigenvalue weighted by atomic mass is 35.5. The lowest BCUT2D eigenvalue weighted by Crippen LogP contribution is -2.48. The van der Waals surface area contributed by atoms with Gasteiger partial charge in [-0.05, 0) is 73.4 Å². The van der Waals surface area contributed by atoms with Gasteiger partial charge in [-0.3, -0.25) is 19.4 Å². The molecule has 1 atom stereocenters. The zero-order valence-corrected chi connectivity index (χ0v) is 36.6. The molecule has 6 aromatic rings. The van der Waals surface area contributed by atoms with Gasteiger partial charge < -0.3 is 30.6 Å². The van der Waals surface area contributed by atoms with Gasteiger partial charge in [0.05, 0.1) is 28.9 Å². The van der Waals surface area contributed by atoms with Crippen LogP contribution in [-0.2, 0) is 16.1 Å². The van der Waals surface area contributed by atoms with Gasteiger partial charge in [-0.2, -0.15) is 5.10 Å². The van der Waals surface area contributed by atoms with Crippen LogP contribution in [-0.4, -0.2) is 102 Å². The number of hydrogen-bond donors (Lipinski definition) is 6. The quantitative estimate of drug-likeness (QED) is 0.0569. The number of nitrogens with zero attached hydrogens (tertiary/aromatic N) is 5. The first-order valence-electron chi connectivity index (χ1n) is 20.4. The molecule has 0 radical (unpaired) electrons. The molecule has 3 aromatic carbocycles. The van der Waals surface area contributed by atoms with Crippen LogP contribution in [0.4, 0.5) is 10.2 Å². The number of phenols is 2. The van der Waals surface area contributed by atoms with Crippen LogP contribution < -0.4 is 16.3 Å². The third-order valence-electron chi connectivity index (χ3n) is 10.7. The van der Waals surface area contributed by atoms with Crippen molar-refractivity contribution in [3.8, 4) is 39.7 Å². The van der Waals surface area contributed by atoms with E-state index in [2.05, 4.69) is 35.7 Å². The summed E-state index contributed by atoms with van der Waals surface area (Å²) < 4.78 is 22.5. The van der Waals surface area contributed by atoms with Crippen molar-refractivity contribution >= 4 is 40.9 Å². The largest absolute Gasteiger partial charge is 0.508 e. The van der Waals surface area contributed by atoms with Crippen molar-refractivity contribution in [3.63, 3.8) is 0 Å². The molecular weight excluding hydrogens is 852 g/mol. The lowest BCUT2D eigenvalue weighted by atomic mass is 9.98. The number of halogens is 3. The molecule has 1 aliphatic rings. The minimum absolute atomic E-state index is 0.0183. The summed E-state index contributed by atoms with van der Waals surface area (Å²) in [6.45, 7) is 10.1. The SMILES string of the molecule is CC(C)Nc1cc(-c2c[nH]c(C(=O)N[C@H](COC(=O)CN3CCN(Cc4ccc(-n5c(-c6cc(C(C)C)c(O)cc6O)n[nH]c5=O)cc4F)CC3)c3cccc(Cl)c3)c2)c(Cl)cn1. The van der Waals surface area contributed by atoms with E-state index in [-0.39, 0.29) is 59.4 Å². The van der Waals surface area contributed by atoms with Crippen molar-refractivity contribution in [3.05, 3.63) is 128 Å². The molecule has 3 aromatic heterocycles. The number of pyridine rings is 1. The predicted octanol–water partition coefficient (Wildman–Crippen LogP) is 7.25. The van der Waals surface area contributed by atoms with Crippen molar-refractivity contribution in [2.45, 2.75) is 52.2 Å². The van der Waals surface area contributed by atoms with E-state index in [1.54, 1.807) is 60.9 Å². The molecule has 1 aliphatic heterocycles. The standard InChI is InChI=1S/C45H48Cl2FN9O6/c1-25(2)32-17-34(40(59)19-39(32)58)43-53-54-45(62)57(43)31-9-8-28(36(48)16-31)22-55-10-12-56(13-11-55)23-42(60)63-24-38(27-6-5-7-30(46)14-27)52-44(61)37-15-29(20-49-37)33-18-41(51-26(3)4)50-21-35(33)47/h5-9,14-21,25-26,38,49,58-59H,10-13,22-24H2,1-4H3,(H,50,51)(H,52,61)(H,54,62)/t38-/m1/s1. The van der Waals surface area contributed by atoms with Crippen LogP contribution in [0.2, 0.25) is 10.0 Å². The van der Waals surface area contributed by atoms with E-state index in [9.17, 15) is 24.6 Å². The van der Waals surface area contributed by atoms with Gasteiger partial charge in [0.25, 0.3) is 5.91 Å². The Hall–Kier alpha value is -6.20. The molecule has 0 spiro atoms. The minimum Gasteiger partial charge on any atom is -0.508 e. The number of carbonyl (C=O) groups excluding carboxylic acids is 2. The molecule has 4 heterocycles. The molecule has 0 bridgehead atoms. The fourth-order valence-electron chi connectivity index (χ4n) is 7.40. The number of rotatable bonds is 15. The number of H-pyrrole nitrogens is 2. The van der Waals surface area contributed by atoms with Gasteiger partial charge in [-0.15, -0.1) is 0 Å². The van der Waals surface area contributed by atoms with E-state index in [1.165, 1.54) is 16.7 Å². The molecule has 7 rings (SSSR count). The van der Waals surface area contributed by atoms with Crippen LogP contribution in [0.5, 0.6) is 11.5 Å². The number of aromatic nitrogens is 5. The number of aromatic amines is 2. The van der Waals surface area contributed by atoms with Crippen molar-refractivity contribution in [1.29, 1.82) is 0 Å². The molecular formula is C45H48Cl2FN9O6. The second-order valence-corrected chi connectivity index (χ2v) is 16.9. The van der Waals surface area contributed by atoms with E-state index >= 15 is 4.39 Å². The Balaban J connectivity index is 0.940. The summed E-state index contributed by atoms with van der Waals surface area (Å²) in [6.07, 6.45) is 3.24. The number of carbonyl (C=O) groups is 2. The maximum Gasteiger partial charge on any atom is 0.348 e. The van der Waals surface area contributed by atoms with Crippen molar-refractivity contribution in [1.82, 2.24) is 39.8 Å². The summed E-state index contributed by atoms with van der Waals surface area (Å²) in [5.41, 5.74) is 3.08. The number of phenolic OH excluding ortho intramolecular Hbond substituents is 2. The van der Waals surface area contributed by atoms with Crippen LogP contribution in [0.15, 0.2) is 83.9 Å². The Morgan fingerprint density at radius 1 is 0.937 bits per heavy atom. The van der Waals surface area contributed by atoms with Gasteiger partial charge in [-0.25, -0.2) is 23.8 Å². The first-order valence-corrected chi connectivity index (χ1v) is 21.2. The van der Waals surface area contributed by atoms with Gasteiger partial charge in [0.2, 0.25) is 0 Å². The molecule has 6 N–H and O–H groups in total. The minimum atomic E-state index is -0.715. The molecule has 330 valence electrons. The smallest absolute Gasteiger partial charge is 0.348 e. The van der Waals surface area contributed by atoms with Gasteiger partial charge >= 0.3 is 11.7 Å². The topological polar surface area (TPSA) is 194 Å². The summed E-state index contributed by atoms with van der Waals surface area (Å²) in [5.74, 6) is -1.15. The van der Waals surface area contributed by atoms with Crippen molar-refractivity contribution < 1.29 is 28.9 Å². The number of piperazine rings is 1. The van der Waals surface area contributed by atoms with E-state index in [0.717, 1.165) is 0 Å². The highest BCUT2D eigenvalue weighted by Crippen LogP contribution is 2.37. The number of amides is 1. The van der Waals surface area contributed by atoms with Crippen molar-refractivity contribution in [2.75, 3.05) is 44.6 Å². The summed E-state index contributed by atoms with van der Waals surface area (Å²) >= 11 is 12.8. The fraction of sp³-hybridized carbons (Fsp3) is 0.311. The molecule has 18 heteroatoms. The van der Waals surface area contributed by atoms with E-state index in [1.807, 2.05) is 38.7 Å². The summed E-state index contributed by atoms with van der Waals surface area (Å²) in [6, 6.07) is 17.1. The molecule has 0 unspecified atom stereocenters. The fourth-order valence-corrected chi connectivity index (χ4v) is 7.81. The maximum absolute atomic E-state index is 15.6. The average Bonchev–Trinajstić information content (AvgIpc) is 3.89.